The van der Waals surface area contributed by atoms with Crippen molar-refractivity contribution in [2.75, 3.05) is 12.4 Å². The lowest BCUT2D eigenvalue weighted by molar-refractivity contribution is -0.115. The third-order valence-corrected chi connectivity index (χ3v) is 5.28. The van der Waals surface area contributed by atoms with Gasteiger partial charge in [0.25, 0.3) is 5.92 Å². The Morgan fingerprint density at radius 2 is 1.74 bits per heavy atom. The molecule has 0 fully saturated rings. The summed E-state index contributed by atoms with van der Waals surface area (Å²) in [6.07, 6.45) is 9.20. The molecular weight excluding hydrogens is 454 g/mol. The summed E-state index contributed by atoms with van der Waals surface area (Å²) in [5.74, 6) is -2.99. The summed E-state index contributed by atoms with van der Waals surface area (Å²) in [6.45, 7) is 0.749. The van der Waals surface area contributed by atoms with Gasteiger partial charge in [0.2, 0.25) is 11.8 Å². The van der Waals surface area contributed by atoms with Crippen LogP contribution in [0.2, 0.25) is 0 Å². The van der Waals surface area contributed by atoms with Gasteiger partial charge in [-0.3, -0.25) is 9.48 Å². The summed E-state index contributed by atoms with van der Waals surface area (Å²) < 4.78 is 34.3. The van der Waals surface area contributed by atoms with Crippen molar-refractivity contribution in [2.24, 2.45) is 7.05 Å². The van der Waals surface area contributed by atoms with E-state index in [-0.39, 0.29) is 23.9 Å². The van der Waals surface area contributed by atoms with Gasteiger partial charge < -0.3 is 10.1 Å². The van der Waals surface area contributed by atoms with Crippen LogP contribution >= 0.6 is 0 Å². The first-order chi connectivity index (χ1) is 16.7. The molecule has 0 saturated carbocycles. The average Bonchev–Trinajstić information content (AvgIpc) is 3.24. The van der Waals surface area contributed by atoms with Crippen LogP contribution in [-0.2, 0) is 30.6 Å². The van der Waals surface area contributed by atoms with E-state index in [0.717, 1.165) is 29.2 Å². The molecule has 1 N–H and O–H groups in total. The summed E-state index contributed by atoms with van der Waals surface area (Å²) in [6, 6.07) is 8.59. The van der Waals surface area contributed by atoms with Gasteiger partial charge >= 0.3 is 0 Å². The average molecular weight is 479 g/mol. The molecule has 0 radical (unpaired) electrons. The largest absolute Gasteiger partial charge is 0.481 e. The van der Waals surface area contributed by atoms with E-state index < -0.39 is 11.5 Å². The first kappa shape index (κ1) is 23.9. The monoisotopic (exact) mass is 478 g/mol. The van der Waals surface area contributed by atoms with Gasteiger partial charge in [-0.2, -0.15) is 5.10 Å². The van der Waals surface area contributed by atoms with Crippen LogP contribution in [0.3, 0.4) is 0 Å². The number of pyridine rings is 1. The van der Waals surface area contributed by atoms with Gasteiger partial charge in [-0.05, 0) is 22.8 Å². The Hall–Kier alpha value is -4.21. The number of aromatic nitrogens is 5. The van der Waals surface area contributed by atoms with Gasteiger partial charge in [0.05, 0.1) is 37.2 Å². The van der Waals surface area contributed by atoms with E-state index in [1.165, 1.54) is 19.4 Å². The predicted octanol–water partition coefficient (Wildman–Crippen LogP) is 4.16. The molecule has 1 amide bonds. The van der Waals surface area contributed by atoms with Gasteiger partial charge in [-0.1, -0.05) is 24.3 Å². The van der Waals surface area contributed by atoms with Crippen molar-refractivity contribution >= 4 is 11.6 Å². The van der Waals surface area contributed by atoms with Gasteiger partial charge in [-0.25, -0.2) is 23.7 Å². The van der Waals surface area contributed by atoms with Crippen LogP contribution in [0.4, 0.5) is 14.5 Å². The molecule has 8 nitrogen and oxygen atoms in total. The van der Waals surface area contributed by atoms with E-state index in [0.29, 0.717) is 12.2 Å². The zero-order valence-corrected chi connectivity index (χ0v) is 19.5. The Morgan fingerprint density at radius 1 is 1.03 bits per heavy atom. The normalized spacial score (nSPS) is 11.3. The van der Waals surface area contributed by atoms with E-state index in [2.05, 4.69) is 25.4 Å². The van der Waals surface area contributed by atoms with Crippen LogP contribution in [0.25, 0.3) is 11.1 Å². The minimum atomic E-state index is -3.16. The number of hydrogen-bond acceptors (Lipinski definition) is 6. The molecule has 180 valence electrons. The molecule has 0 aliphatic rings. The van der Waals surface area contributed by atoms with Crippen LogP contribution in [0, 0.1) is 0 Å². The Labute approximate surface area is 201 Å². The van der Waals surface area contributed by atoms with Crippen molar-refractivity contribution in [3.8, 4) is 17.0 Å². The van der Waals surface area contributed by atoms with Gasteiger partial charge in [-0.15, -0.1) is 0 Å². The number of anilines is 1. The first-order valence-electron chi connectivity index (χ1n) is 10.8. The summed E-state index contributed by atoms with van der Waals surface area (Å²) >= 11 is 0. The van der Waals surface area contributed by atoms with Crippen molar-refractivity contribution in [3.05, 3.63) is 83.8 Å². The molecule has 0 bridgehead atoms. The first-order valence-corrected chi connectivity index (χ1v) is 10.8. The number of carbonyl (C=O) groups is 1. The molecule has 10 heteroatoms. The molecule has 4 aromatic rings. The molecule has 0 unspecified atom stereocenters. The molecule has 0 saturated heterocycles. The number of nitrogens with zero attached hydrogens (tertiary/aromatic N) is 5. The van der Waals surface area contributed by atoms with Crippen LogP contribution in [0.1, 0.15) is 29.4 Å². The van der Waals surface area contributed by atoms with E-state index in [4.69, 9.17) is 4.74 Å². The number of hydrogen-bond donors (Lipinski definition) is 1. The second-order valence-electron chi connectivity index (χ2n) is 8.18. The summed E-state index contributed by atoms with van der Waals surface area (Å²) in [5, 5.41) is 6.76. The Bertz CT molecular complexity index is 1320. The molecule has 0 aliphatic heterocycles. The number of rotatable bonds is 8. The summed E-state index contributed by atoms with van der Waals surface area (Å²) in [7, 11) is 3.13. The lowest BCUT2D eigenvalue weighted by atomic mass is 10.0. The van der Waals surface area contributed by atoms with Gasteiger partial charge in [0.1, 0.15) is 5.82 Å². The minimum absolute atomic E-state index is 0.0741. The molecule has 1 aromatic carbocycles. The van der Waals surface area contributed by atoms with Crippen LogP contribution < -0.4 is 10.1 Å². The van der Waals surface area contributed by atoms with Crippen LogP contribution in [-0.4, -0.2) is 37.7 Å². The number of ether oxygens (including phenoxy) is 1. The Morgan fingerprint density at radius 3 is 2.34 bits per heavy atom. The zero-order valence-electron chi connectivity index (χ0n) is 19.5. The van der Waals surface area contributed by atoms with Gasteiger partial charge in [0, 0.05) is 44.5 Å². The molecule has 0 atom stereocenters. The second kappa shape index (κ2) is 9.96. The second-order valence-corrected chi connectivity index (χ2v) is 8.18. The summed E-state index contributed by atoms with van der Waals surface area (Å²) in [5.41, 5.74) is 3.35. The maximum absolute atomic E-state index is 13.8. The SMILES string of the molecule is COc1ncc(NC(=O)Cc2ccc(-c3cnc(Cc4cnn(C)c4)nc3)cc2)cc1C(C)(F)F. The lowest BCUT2D eigenvalue weighted by Gasteiger charge is -2.15. The fourth-order valence-corrected chi connectivity index (χ4v) is 3.54. The third kappa shape index (κ3) is 6.03. The highest BCUT2D eigenvalue weighted by molar-refractivity contribution is 5.92. The number of halogens is 2. The number of alkyl halides is 2. The van der Waals surface area contributed by atoms with E-state index in [9.17, 15) is 13.6 Å². The van der Waals surface area contributed by atoms with Crippen molar-refractivity contribution in [2.45, 2.75) is 25.7 Å². The number of amides is 1. The van der Waals surface area contributed by atoms with Gasteiger partial charge in [0.15, 0.2) is 0 Å². The molecule has 0 spiro atoms. The van der Waals surface area contributed by atoms with Crippen molar-refractivity contribution < 1.29 is 18.3 Å². The zero-order chi connectivity index (χ0) is 25.0. The molecule has 35 heavy (non-hydrogen) atoms. The molecule has 3 aromatic heterocycles. The fraction of sp³-hybridized carbons (Fsp3) is 0.240. The lowest BCUT2D eigenvalue weighted by Crippen LogP contribution is -2.16. The van der Waals surface area contributed by atoms with E-state index in [1.807, 2.05) is 37.5 Å². The maximum Gasteiger partial charge on any atom is 0.275 e. The molecule has 0 aliphatic carbocycles. The number of nitrogens with one attached hydrogen (secondary N) is 1. The summed E-state index contributed by atoms with van der Waals surface area (Å²) in [4.78, 5) is 25.2. The van der Waals surface area contributed by atoms with Crippen LogP contribution in [0.15, 0.2) is 61.3 Å². The molecule has 4 rings (SSSR count). The van der Waals surface area contributed by atoms with Crippen LogP contribution in [0.5, 0.6) is 5.88 Å². The molecular formula is C25H24F2N6O2. The third-order valence-electron chi connectivity index (χ3n) is 5.28. The van der Waals surface area contributed by atoms with Crippen molar-refractivity contribution in [1.82, 2.24) is 24.7 Å². The van der Waals surface area contributed by atoms with E-state index >= 15 is 0 Å². The fourth-order valence-electron chi connectivity index (χ4n) is 3.54. The smallest absolute Gasteiger partial charge is 0.275 e. The standard InChI is InChI=1S/C25H24F2N6O2/c1-25(26,27)21-10-20(14-30-24(21)35-3)32-23(34)9-16-4-6-18(7-5-16)19-12-28-22(29-13-19)8-17-11-31-33(2)15-17/h4-7,10-15H,8-9H2,1-3H3,(H,32,34). The quantitative estimate of drug-likeness (QED) is 0.409. The Balaban J connectivity index is 1.38. The highest BCUT2D eigenvalue weighted by Gasteiger charge is 2.30. The number of aryl methyl sites for hydroxylation is 1. The van der Waals surface area contributed by atoms with E-state index in [1.54, 1.807) is 23.3 Å². The highest BCUT2D eigenvalue weighted by Crippen LogP contribution is 2.34. The number of benzene rings is 1. The number of methoxy groups -OCH3 is 1. The predicted molar refractivity (Wildman–Crippen MR) is 126 cm³/mol. The minimum Gasteiger partial charge on any atom is -0.481 e. The maximum atomic E-state index is 13.8. The Kier molecular flexibility index (Phi) is 6.81. The molecule has 3 heterocycles. The van der Waals surface area contributed by atoms with Crippen molar-refractivity contribution in [3.63, 3.8) is 0 Å². The number of carbonyl (C=O) groups excluding carboxylic acids is 1. The topological polar surface area (TPSA) is 94.8 Å². The van der Waals surface area contributed by atoms with Crippen molar-refractivity contribution in [1.29, 1.82) is 0 Å². The highest BCUT2D eigenvalue weighted by atomic mass is 19.3.